The van der Waals surface area contributed by atoms with Crippen LogP contribution in [-0.2, 0) is 9.53 Å². The number of thioether (sulfide) groups is 1. The number of methoxy groups -OCH3 is 2. The van der Waals surface area contributed by atoms with Crippen LogP contribution < -0.4 is 10.1 Å². The maximum Gasteiger partial charge on any atom is 0.318 e. The van der Waals surface area contributed by atoms with E-state index >= 15 is 0 Å². The SMILES string of the molecule is COC(=O)[C@@H](C)Sc1ccccc1C(=O)Nc1ccc(OC)cc1. The van der Waals surface area contributed by atoms with E-state index in [1.54, 1.807) is 50.4 Å². The van der Waals surface area contributed by atoms with E-state index in [1.807, 2.05) is 12.1 Å². The third-order valence-corrected chi connectivity index (χ3v) is 4.47. The smallest absolute Gasteiger partial charge is 0.318 e. The van der Waals surface area contributed by atoms with Crippen molar-refractivity contribution in [2.45, 2.75) is 17.1 Å². The van der Waals surface area contributed by atoms with Crippen LogP contribution in [0.2, 0.25) is 0 Å². The first kappa shape index (κ1) is 17.9. The van der Waals surface area contributed by atoms with Gasteiger partial charge < -0.3 is 14.8 Å². The van der Waals surface area contributed by atoms with Crippen LogP contribution in [-0.4, -0.2) is 31.3 Å². The minimum absolute atomic E-state index is 0.236. The van der Waals surface area contributed by atoms with Gasteiger partial charge in [0.05, 0.1) is 19.8 Å². The summed E-state index contributed by atoms with van der Waals surface area (Å²) in [5, 5.41) is 2.44. The Labute approximate surface area is 145 Å². The summed E-state index contributed by atoms with van der Waals surface area (Å²) in [5.74, 6) is 0.154. The molecule has 0 fully saturated rings. The highest BCUT2D eigenvalue weighted by atomic mass is 32.2. The van der Waals surface area contributed by atoms with E-state index in [0.29, 0.717) is 11.3 Å². The highest BCUT2D eigenvalue weighted by molar-refractivity contribution is 8.00. The maximum atomic E-state index is 12.5. The maximum absolute atomic E-state index is 12.5. The van der Waals surface area contributed by atoms with Gasteiger partial charge in [0.1, 0.15) is 11.0 Å². The third-order valence-electron chi connectivity index (χ3n) is 3.32. The molecule has 2 aromatic carbocycles. The number of anilines is 1. The highest BCUT2D eigenvalue weighted by Crippen LogP contribution is 2.28. The van der Waals surface area contributed by atoms with E-state index in [9.17, 15) is 9.59 Å². The average Bonchev–Trinajstić information content (AvgIpc) is 2.62. The van der Waals surface area contributed by atoms with E-state index in [-0.39, 0.29) is 11.9 Å². The molecule has 0 aliphatic rings. The fraction of sp³-hybridized carbons (Fsp3) is 0.222. The normalized spacial score (nSPS) is 11.5. The molecule has 2 aromatic rings. The molecule has 5 nitrogen and oxygen atoms in total. The first-order valence-electron chi connectivity index (χ1n) is 7.34. The molecular formula is C18H19NO4S. The van der Waals surface area contributed by atoms with Crippen molar-refractivity contribution in [1.29, 1.82) is 0 Å². The van der Waals surface area contributed by atoms with Gasteiger partial charge in [0.2, 0.25) is 0 Å². The molecule has 0 bridgehead atoms. The number of nitrogens with one attached hydrogen (secondary N) is 1. The number of ether oxygens (including phenoxy) is 2. The number of carbonyl (C=O) groups is 2. The molecular weight excluding hydrogens is 326 g/mol. The molecule has 0 unspecified atom stereocenters. The molecule has 0 aromatic heterocycles. The summed E-state index contributed by atoms with van der Waals surface area (Å²) in [6.07, 6.45) is 0. The van der Waals surface area contributed by atoms with Gasteiger partial charge in [0, 0.05) is 10.6 Å². The molecule has 0 aliphatic carbocycles. The Bertz CT molecular complexity index is 715. The van der Waals surface area contributed by atoms with Gasteiger partial charge in [-0.05, 0) is 43.3 Å². The molecule has 126 valence electrons. The summed E-state index contributed by atoms with van der Waals surface area (Å²) in [6.45, 7) is 1.74. The van der Waals surface area contributed by atoms with Crippen LogP contribution in [0.1, 0.15) is 17.3 Å². The zero-order valence-electron chi connectivity index (χ0n) is 13.7. The molecule has 0 heterocycles. The number of rotatable bonds is 6. The van der Waals surface area contributed by atoms with Crippen molar-refractivity contribution in [2.75, 3.05) is 19.5 Å². The van der Waals surface area contributed by atoms with Crippen LogP contribution in [0.5, 0.6) is 5.75 Å². The van der Waals surface area contributed by atoms with Gasteiger partial charge in [-0.1, -0.05) is 12.1 Å². The van der Waals surface area contributed by atoms with Gasteiger partial charge >= 0.3 is 5.97 Å². The lowest BCUT2D eigenvalue weighted by atomic mass is 10.2. The largest absolute Gasteiger partial charge is 0.497 e. The predicted molar refractivity (Wildman–Crippen MR) is 94.7 cm³/mol. The third kappa shape index (κ3) is 4.52. The Morgan fingerprint density at radius 3 is 2.33 bits per heavy atom. The number of hydrogen-bond donors (Lipinski definition) is 1. The lowest BCUT2D eigenvalue weighted by Gasteiger charge is -2.13. The lowest BCUT2D eigenvalue weighted by molar-refractivity contribution is -0.139. The van der Waals surface area contributed by atoms with E-state index in [1.165, 1.54) is 18.9 Å². The minimum atomic E-state index is -0.398. The first-order valence-corrected chi connectivity index (χ1v) is 8.22. The zero-order valence-corrected chi connectivity index (χ0v) is 14.6. The van der Waals surface area contributed by atoms with E-state index in [4.69, 9.17) is 9.47 Å². The summed E-state index contributed by atoms with van der Waals surface area (Å²) < 4.78 is 9.82. The van der Waals surface area contributed by atoms with E-state index in [2.05, 4.69) is 5.32 Å². The highest BCUT2D eigenvalue weighted by Gasteiger charge is 2.19. The Morgan fingerprint density at radius 2 is 1.71 bits per heavy atom. The van der Waals surface area contributed by atoms with Crippen LogP contribution in [0.15, 0.2) is 53.4 Å². The Morgan fingerprint density at radius 1 is 1.04 bits per heavy atom. The number of esters is 1. The fourth-order valence-corrected chi connectivity index (χ4v) is 3.05. The summed E-state index contributed by atoms with van der Waals surface area (Å²) in [6, 6.07) is 14.2. The summed E-state index contributed by atoms with van der Waals surface area (Å²) in [5.41, 5.74) is 1.18. The molecule has 0 aliphatic heterocycles. The lowest BCUT2D eigenvalue weighted by Crippen LogP contribution is -2.17. The molecule has 1 amide bonds. The molecule has 0 saturated heterocycles. The van der Waals surface area contributed by atoms with Crippen LogP contribution in [0, 0.1) is 0 Å². The topological polar surface area (TPSA) is 64.6 Å². The van der Waals surface area contributed by atoms with Crippen molar-refractivity contribution >= 4 is 29.3 Å². The molecule has 24 heavy (non-hydrogen) atoms. The second kappa shape index (κ2) is 8.40. The van der Waals surface area contributed by atoms with E-state index < -0.39 is 5.25 Å². The van der Waals surface area contributed by atoms with Crippen molar-refractivity contribution in [3.8, 4) is 5.75 Å². The predicted octanol–water partition coefficient (Wildman–Crippen LogP) is 3.60. The summed E-state index contributed by atoms with van der Waals surface area (Å²) in [4.78, 5) is 24.9. The van der Waals surface area contributed by atoms with Crippen LogP contribution >= 0.6 is 11.8 Å². The van der Waals surface area contributed by atoms with Crippen molar-refractivity contribution in [3.63, 3.8) is 0 Å². The standard InChI is InChI=1S/C18H19NO4S/c1-12(18(21)23-3)24-16-7-5-4-6-15(16)17(20)19-13-8-10-14(22-2)11-9-13/h4-12H,1-3H3,(H,19,20)/t12-/m1/s1. The fourth-order valence-electron chi connectivity index (χ4n) is 2.03. The monoisotopic (exact) mass is 345 g/mol. The Kier molecular flexibility index (Phi) is 6.26. The second-order valence-corrected chi connectivity index (χ2v) is 6.34. The second-order valence-electron chi connectivity index (χ2n) is 4.96. The molecule has 0 radical (unpaired) electrons. The molecule has 1 N–H and O–H groups in total. The molecule has 6 heteroatoms. The van der Waals surface area contributed by atoms with Gasteiger partial charge in [-0.3, -0.25) is 9.59 Å². The molecule has 0 spiro atoms. The first-order chi connectivity index (χ1) is 11.5. The van der Waals surface area contributed by atoms with Crippen LogP contribution in [0.25, 0.3) is 0 Å². The zero-order chi connectivity index (χ0) is 17.5. The van der Waals surface area contributed by atoms with Crippen LogP contribution in [0.4, 0.5) is 5.69 Å². The van der Waals surface area contributed by atoms with Gasteiger partial charge in [-0.2, -0.15) is 0 Å². The van der Waals surface area contributed by atoms with E-state index in [0.717, 1.165) is 10.6 Å². The van der Waals surface area contributed by atoms with Gasteiger partial charge in [0.15, 0.2) is 0 Å². The number of benzene rings is 2. The van der Waals surface area contributed by atoms with Gasteiger partial charge in [-0.15, -0.1) is 11.8 Å². The van der Waals surface area contributed by atoms with Crippen molar-refractivity contribution in [3.05, 3.63) is 54.1 Å². The van der Waals surface area contributed by atoms with Crippen molar-refractivity contribution < 1.29 is 19.1 Å². The summed E-state index contributed by atoms with van der Waals surface area (Å²) in [7, 11) is 2.94. The average molecular weight is 345 g/mol. The Balaban J connectivity index is 2.15. The molecule has 0 saturated carbocycles. The number of amides is 1. The van der Waals surface area contributed by atoms with Gasteiger partial charge in [0.25, 0.3) is 5.91 Å². The summed E-state index contributed by atoms with van der Waals surface area (Å²) >= 11 is 1.29. The Hall–Kier alpha value is -2.47. The number of hydrogen-bond acceptors (Lipinski definition) is 5. The van der Waals surface area contributed by atoms with Crippen LogP contribution in [0.3, 0.4) is 0 Å². The quantitative estimate of drug-likeness (QED) is 0.640. The number of carbonyl (C=O) groups excluding carboxylic acids is 2. The molecule has 2 rings (SSSR count). The van der Waals surface area contributed by atoms with Crippen molar-refractivity contribution in [1.82, 2.24) is 0 Å². The van der Waals surface area contributed by atoms with Gasteiger partial charge in [-0.25, -0.2) is 0 Å². The minimum Gasteiger partial charge on any atom is -0.497 e. The molecule has 1 atom stereocenters. The van der Waals surface area contributed by atoms with Crippen molar-refractivity contribution in [2.24, 2.45) is 0 Å².